The predicted octanol–water partition coefficient (Wildman–Crippen LogP) is 3.34. The zero-order valence-electron chi connectivity index (χ0n) is 11.7. The predicted molar refractivity (Wildman–Crippen MR) is 75.9 cm³/mol. The molecule has 1 N–H and O–H groups in total. The van der Waals surface area contributed by atoms with E-state index in [1.807, 2.05) is 0 Å². The first kappa shape index (κ1) is 13.6. The van der Waals surface area contributed by atoms with Gasteiger partial charge in [0, 0.05) is 12.6 Å². The van der Waals surface area contributed by atoms with E-state index in [4.69, 9.17) is 4.74 Å². The minimum absolute atomic E-state index is 0.387. The molecule has 3 atom stereocenters. The maximum Gasteiger partial charge on any atom is 0.0565 e. The Morgan fingerprint density at radius 1 is 1.17 bits per heavy atom. The molecule has 1 aromatic carbocycles. The molecule has 3 unspecified atom stereocenters. The molecule has 0 saturated carbocycles. The molecule has 0 aliphatic carbocycles. The molecule has 1 heterocycles. The number of ether oxygens (including phenoxy) is 1. The van der Waals surface area contributed by atoms with Crippen molar-refractivity contribution < 1.29 is 4.74 Å². The van der Waals surface area contributed by atoms with Crippen molar-refractivity contribution in [3.05, 3.63) is 35.9 Å². The molecule has 2 nitrogen and oxygen atoms in total. The van der Waals surface area contributed by atoms with E-state index in [0.717, 1.165) is 19.4 Å². The van der Waals surface area contributed by atoms with Crippen molar-refractivity contribution in [1.82, 2.24) is 5.32 Å². The zero-order valence-corrected chi connectivity index (χ0v) is 11.7. The Bertz CT molecular complexity index is 341. The van der Waals surface area contributed by atoms with Crippen LogP contribution in [0.2, 0.25) is 0 Å². The summed E-state index contributed by atoms with van der Waals surface area (Å²) in [6.45, 7) is 7.68. The minimum atomic E-state index is 0.387. The standard InChI is InChI=1S/C16H25NO/c1-12(15-7-5-4-6-8-15)11-17-16-9-13(2)18-14(3)10-16/h4-8,12-14,16-17H,9-11H2,1-3H3. The summed E-state index contributed by atoms with van der Waals surface area (Å²) in [6, 6.07) is 11.3. The highest BCUT2D eigenvalue weighted by Crippen LogP contribution is 2.20. The van der Waals surface area contributed by atoms with Crippen molar-refractivity contribution in [2.24, 2.45) is 0 Å². The largest absolute Gasteiger partial charge is 0.375 e. The molecule has 1 aliphatic heterocycles. The van der Waals surface area contributed by atoms with Crippen LogP contribution in [0.25, 0.3) is 0 Å². The Morgan fingerprint density at radius 2 is 1.78 bits per heavy atom. The van der Waals surface area contributed by atoms with Crippen LogP contribution in [-0.4, -0.2) is 24.8 Å². The topological polar surface area (TPSA) is 21.3 Å². The molecular formula is C16H25NO. The van der Waals surface area contributed by atoms with Crippen molar-refractivity contribution in [1.29, 1.82) is 0 Å². The number of nitrogens with one attached hydrogen (secondary N) is 1. The number of hydrogen-bond donors (Lipinski definition) is 1. The van der Waals surface area contributed by atoms with Crippen LogP contribution in [0.3, 0.4) is 0 Å². The van der Waals surface area contributed by atoms with Crippen molar-refractivity contribution in [2.75, 3.05) is 6.54 Å². The van der Waals surface area contributed by atoms with Crippen molar-refractivity contribution in [3.63, 3.8) is 0 Å². The lowest BCUT2D eigenvalue weighted by Crippen LogP contribution is -2.42. The van der Waals surface area contributed by atoms with E-state index in [1.165, 1.54) is 5.56 Å². The second-order valence-electron chi connectivity index (χ2n) is 5.65. The first-order valence-electron chi connectivity index (χ1n) is 7.09. The van der Waals surface area contributed by atoms with Crippen LogP contribution in [0, 0.1) is 0 Å². The number of benzene rings is 1. The van der Waals surface area contributed by atoms with Crippen LogP contribution >= 0.6 is 0 Å². The second kappa shape index (κ2) is 6.35. The lowest BCUT2D eigenvalue weighted by atomic mass is 9.97. The molecule has 1 aromatic rings. The highest BCUT2D eigenvalue weighted by atomic mass is 16.5. The summed E-state index contributed by atoms with van der Waals surface area (Å²) in [6.07, 6.45) is 3.04. The molecule has 0 aromatic heterocycles. The first-order chi connectivity index (χ1) is 8.65. The molecule has 1 aliphatic rings. The minimum Gasteiger partial charge on any atom is -0.375 e. The number of rotatable bonds is 4. The van der Waals surface area contributed by atoms with E-state index in [2.05, 4.69) is 56.4 Å². The second-order valence-corrected chi connectivity index (χ2v) is 5.65. The maximum absolute atomic E-state index is 5.77. The average Bonchev–Trinajstić information content (AvgIpc) is 2.36. The van der Waals surface area contributed by atoms with Gasteiger partial charge < -0.3 is 10.1 Å². The lowest BCUT2D eigenvalue weighted by Gasteiger charge is -2.33. The average molecular weight is 247 g/mol. The molecule has 1 saturated heterocycles. The van der Waals surface area contributed by atoms with Gasteiger partial charge in [0.25, 0.3) is 0 Å². The lowest BCUT2D eigenvalue weighted by molar-refractivity contribution is -0.0421. The third-order valence-electron chi connectivity index (χ3n) is 3.78. The van der Waals surface area contributed by atoms with Crippen LogP contribution < -0.4 is 5.32 Å². The number of hydrogen-bond acceptors (Lipinski definition) is 2. The fourth-order valence-corrected chi connectivity index (χ4v) is 2.81. The van der Waals surface area contributed by atoms with Gasteiger partial charge in [-0.1, -0.05) is 37.3 Å². The third-order valence-corrected chi connectivity index (χ3v) is 3.78. The summed E-state index contributed by atoms with van der Waals surface area (Å²) < 4.78 is 5.77. The van der Waals surface area contributed by atoms with Gasteiger partial charge in [0.2, 0.25) is 0 Å². The third kappa shape index (κ3) is 3.82. The normalized spacial score (nSPS) is 30.1. The fourth-order valence-electron chi connectivity index (χ4n) is 2.81. The molecule has 0 spiro atoms. The van der Waals surface area contributed by atoms with Gasteiger partial charge in [0.15, 0.2) is 0 Å². The maximum atomic E-state index is 5.77. The molecule has 1 fully saturated rings. The molecule has 18 heavy (non-hydrogen) atoms. The van der Waals surface area contributed by atoms with Crippen LogP contribution in [0.1, 0.15) is 45.1 Å². The summed E-state index contributed by atoms with van der Waals surface area (Å²) >= 11 is 0. The van der Waals surface area contributed by atoms with Crippen molar-refractivity contribution in [2.45, 2.75) is 57.8 Å². The Kier molecular flexibility index (Phi) is 4.79. The van der Waals surface area contributed by atoms with Gasteiger partial charge in [-0.3, -0.25) is 0 Å². The summed E-state index contributed by atoms with van der Waals surface area (Å²) in [5.74, 6) is 0.569. The molecule has 0 bridgehead atoms. The SMILES string of the molecule is CC1CC(NCC(C)c2ccccc2)CC(C)O1. The quantitative estimate of drug-likeness (QED) is 0.881. The van der Waals surface area contributed by atoms with E-state index in [-0.39, 0.29) is 0 Å². The van der Waals surface area contributed by atoms with Gasteiger partial charge in [-0.05, 0) is 38.2 Å². The highest BCUT2D eigenvalue weighted by molar-refractivity contribution is 5.19. The van der Waals surface area contributed by atoms with Gasteiger partial charge in [-0.2, -0.15) is 0 Å². The van der Waals surface area contributed by atoms with Crippen LogP contribution in [0.15, 0.2) is 30.3 Å². The van der Waals surface area contributed by atoms with Gasteiger partial charge in [0.05, 0.1) is 12.2 Å². The van der Waals surface area contributed by atoms with Crippen LogP contribution in [-0.2, 0) is 4.74 Å². The molecule has 0 radical (unpaired) electrons. The van der Waals surface area contributed by atoms with Gasteiger partial charge >= 0.3 is 0 Å². The Balaban J connectivity index is 1.81. The summed E-state index contributed by atoms with van der Waals surface area (Å²) in [4.78, 5) is 0. The molecular weight excluding hydrogens is 222 g/mol. The van der Waals surface area contributed by atoms with Crippen molar-refractivity contribution in [3.8, 4) is 0 Å². The summed E-state index contributed by atoms with van der Waals surface area (Å²) in [5.41, 5.74) is 1.41. The van der Waals surface area contributed by atoms with Gasteiger partial charge in [-0.15, -0.1) is 0 Å². The Hall–Kier alpha value is -0.860. The molecule has 100 valence electrons. The van der Waals surface area contributed by atoms with E-state index < -0.39 is 0 Å². The summed E-state index contributed by atoms with van der Waals surface area (Å²) in [5, 5.41) is 3.70. The van der Waals surface area contributed by atoms with E-state index in [0.29, 0.717) is 24.2 Å². The summed E-state index contributed by atoms with van der Waals surface area (Å²) in [7, 11) is 0. The van der Waals surface area contributed by atoms with E-state index in [9.17, 15) is 0 Å². The first-order valence-corrected chi connectivity index (χ1v) is 7.09. The zero-order chi connectivity index (χ0) is 13.0. The Labute approximate surface area is 111 Å². The Morgan fingerprint density at radius 3 is 2.39 bits per heavy atom. The van der Waals surface area contributed by atoms with Crippen LogP contribution in [0.4, 0.5) is 0 Å². The fraction of sp³-hybridized carbons (Fsp3) is 0.625. The van der Waals surface area contributed by atoms with E-state index >= 15 is 0 Å². The monoisotopic (exact) mass is 247 g/mol. The molecule has 2 rings (SSSR count). The van der Waals surface area contributed by atoms with Gasteiger partial charge in [-0.25, -0.2) is 0 Å². The smallest absolute Gasteiger partial charge is 0.0565 e. The van der Waals surface area contributed by atoms with Crippen LogP contribution in [0.5, 0.6) is 0 Å². The molecule has 0 amide bonds. The van der Waals surface area contributed by atoms with E-state index in [1.54, 1.807) is 0 Å². The molecule has 2 heteroatoms. The van der Waals surface area contributed by atoms with Crippen molar-refractivity contribution >= 4 is 0 Å². The highest BCUT2D eigenvalue weighted by Gasteiger charge is 2.24. The van der Waals surface area contributed by atoms with Gasteiger partial charge in [0.1, 0.15) is 0 Å².